The zero-order valence-electron chi connectivity index (χ0n) is 20.9. The van der Waals surface area contributed by atoms with Crippen LogP contribution in [0.1, 0.15) is 40.2 Å². The molecule has 33 heavy (non-hydrogen) atoms. The second kappa shape index (κ2) is 14.3. The van der Waals surface area contributed by atoms with Gasteiger partial charge in [-0.2, -0.15) is 0 Å². The Balaban J connectivity index is 0.00000385. The minimum atomic E-state index is 0. The van der Waals surface area contributed by atoms with Crippen molar-refractivity contribution in [1.82, 2.24) is 20.5 Å². The van der Waals surface area contributed by atoms with E-state index >= 15 is 0 Å². The van der Waals surface area contributed by atoms with Crippen LogP contribution in [0.5, 0.6) is 0 Å². The van der Waals surface area contributed by atoms with E-state index < -0.39 is 0 Å². The van der Waals surface area contributed by atoms with Gasteiger partial charge < -0.3 is 25.0 Å². The van der Waals surface area contributed by atoms with Crippen molar-refractivity contribution < 1.29 is 9.47 Å². The predicted octanol–water partition coefficient (Wildman–Crippen LogP) is 2.73. The van der Waals surface area contributed by atoms with Crippen LogP contribution in [-0.4, -0.2) is 86.6 Å². The molecule has 8 nitrogen and oxygen atoms in total. The molecule has 3 rings (SSSR count). The highest BCUT2D eigenvalue weighted by Gasteiger charge is 2.24. The van der Waals surface area contributed by atoms with Crippen molar-refractivity contribution >= 4 is 35.8 Å². The molecule has 9 heteroatoms. The van der Waals surface area contributed by atoms with E-state index in [2.05, 4.69) is 67.2 Å². The third kappa shape index (κ3) is 8.84. The van der Waals surface area contributed by atoms with E-state index in [0.29, 0.717) is 18.5 Å². The number of aliphatic imine (C=N–C) groups is 1. The lowest BCUT2D eigenvalue weighted by Crippen LogP contribution is -2.52. The first-order valence-electron chi connectivity index (χ1n) is 12.2. The number of hydrogen-bond donors (Lipinski definition) is 2. The van der Waals surface area contributed by atoms with Gasteiger partial charge in [0.25, 0.3) is 0 Å². The van der Waals surface area contributed by atoms with Gasteiger partial charge in [0, 0.05) is 51.5 Å². The molecule has 1 aromatic heterocycles. The number of guanidine groups is 1. The number of halogens is 1. The summed E-state index contributed by atoms with van der Waals surface area (Å²) in [7, 11) is 0. The van der Waals surface area contributed by atoms with Crippen LogP contribution in [0.4, 0.5) is 5.82 Å². The number of ether oxygens (including phenoxy) is 2. The Kier molecular flexibility index (Phi) is 12.1. The smallest absolute Gasteiger partial charge is 0.191 e. The Bertz CT molecular complexity index is 701. The van der Waals surface area contributed by atoms with Gasteiger partial charge in [0.15, 0.2) is 5.96 Å². The second-order valence-electron chi connectivity index (χ2n) is 9.22. The fourth-order valence-electron chi connectivity index (χ4n) is 4.47. The third-order valence-electron chi connectivity index (χ3n) is 6.08. The zero-order chi connectivity index (χ0) is 22.9. The summed E-state index contributed by atoms with van der Waals surface area (Å²) in [6, 6.07) is 4.69. The highest BCUT2D eigenvalue weighted by molar-refractivity contribution is 14.0. The van der Waals surface area contributed by atoms with E-state index in [1.807, 2.05) is 6.20 Å². The standard InChI is InChI=1S/C24H42N6O2.HI/c1-6-25-24(28-15-22(18(2)3)29-9-11-31-12-10-29)27-14-21-7-8-23(26-13-21)30-16-19(4)32-20(5)17-30;/h7-8,13,18-20,22H,6,9-12,14-17H2,1-5H3,(H2,25,27,28);1H. The molecule has 3 heterocycles. The topological polar surface area (TPSA) is 74.2 Å². The molecule has 2 saturated heterocycles. The number of nitrogens with one attached hydrogen (secondary N) is 2. The Morgan fingerprint density at radius 1 is 1.15 bits per heavy atom. The number of hydrogen-bond acceptors (Lipinski definition) is 6. The molecular weight excluding hydrogens is 531 g/mol. The van der Waals surface area contributed by atoms with Crippen LogP contribution in [-0.2, 0) is 16.0 Å². The Hall–Kier alpha value is -1.17. The molecule has 0 saturated carbocycles. The number of pyridine rings is 1. The number of morpholine rings is 2. The molecule has 188 valence electrons. The number of anilines is 1. The lowest BCUT2D eigenvalue weighted by Gasteiger charge is -2.37. The van der Waals surface area contributed by atoms with Gasteiger partial charge in [0.1, 0.15) is 5.82 Å². The minimum Gasteiger partial charge on any atom is -0.379 e. The fraction of sp³-hybridized carbons (Fsp3) is 0.750. The van der Waals surface area contributed by atoms with Gasteiger partial charge in [0.2, 0.25) is 0 Å². The molecule has 0 aliphatic carbocycles. The molecule has 1 aromatic rings. The van der Waals surface area contributed by atoms with Crippen molar-refractivity contribution in [3.63, 3.8) is 0 Å². The molecule has 0 amide bonds. The summed E-state index contributed by atoms with van der Waals surface area (Å²) in [6.45, 7) is 18.6. The highest BCUT2D eigenvalue weighted by Crippen LogP contribution is 2.18. The monoisotopic (exact) mass is 574 g/mol. The molecule has 2 N–H and O–H groups in total. The molecule has 2 fully saturated rings. The Labute approximate surface area is 216 Å². The summed E-state index contributed by atoms with van der Waals surface area (Å²) in [5, 5.41) is 6.93. The molecule has 0 aromatic carbocycles. The van der Waals surface area contributed by atoms with Crippen molar-refractivity contribution in [3.05, 3.63) is 23.9 Å². The van der Waals surface area contributed by atoms with Crippen molar-refractivity contribution in [2.24, 2.45) is 10.9 Å². The maximum atomic E-state index is 5.83. The highest BCUT2D eigenvalue weighted by atomic mass is 127. The molecular formula is C24H43IN6O2. The van der Waals surface area contributed by atoms with Crippen LogP contribution in [0.15, 0.2) is 23.3 Å². The van der Waals surface area contributed by atoms with Crippen molar-refractivity contribution in [2.45, 2.75) is 59.4 Å². The average Bonchev–Trinajstić information content (AvgIpc) is 2.78. The summed E-state index contributed by atoms with van der Waals surface area (Å²) >= 11 is 0. The van der Waals surface area contributed by atoms with E-state index in [0.717, 1.165) is 69.8 Å². The zero-order valence-corrected chi connectivity index (χ0v) is 23.2. The van der Waals surface area contributed by atoms with Crippen LogP contribution in [0.25, 0.3) is 0 Å². The summed E-state index contributed by atoms with van der Waals surface area (Å²) in [4.78, 5) is 14.3. The van der Waals surface area contributed by atoms with Crippen LogP contribution in [0.3, 0.4) is 0 Å². The fourth-order valence-corrected chi connectivity index (χ4v) is 4.47. The molecule has 0 spiro atoms. The van der Waals surface area contributed by atoms with E-state index in [9.17, 15) is 0 Å². The van der Waals surface area contributed by atoms with Gasteiger partial charge in [-0.05, 0) is 38.3 Å². The van der Waals surface area contributed by atoms with Crippen LogP contribution in [0.2, 0.25) is 0 Å². The molecule has 2 aliphatic rings. The van der Waals surface area contributed by atoms with E-state index in [1.165, 1.54) is 0 Å². The number of nitrogens with zero attached hydrogens (tertiary/aromatic N) is 4. The summed E-state index contributed by atoms with van der Waals surface area (Å²) in [6.07, 6.45) is 2.40. The molecule has 2 aliphatic heterocycles. The first-order valence-corrected chi connectivity index (χ1v) is 12.2. The number of rotatable bonds is 8. The molecule has 3 unspecified atom stereocenters. The minimum absolute atomic E-state index is 0. The summed E-state index contributed by atoms with van der Waals surface area (Å²) in [5.74, 6) is 2.42. The van der Waals surface area contributed by atoms with Crippen molar-refractivity contribution in [2.75, 3.05) is 57.4 Å². The maximum absolute atomic E-state index is 5.83. The third-order valence-corrected chi connectivity index (χ3v) is 6.08. The first kappa shape index (κ1) is 28.1. The predicted molar refractivity (Wildman–Crippen MR) is 146 cm³/mol. The lowest BCUT2D eigenvalue weighted by atomic mass is 10.0. The maximum Gasteiger partial charge on any atom is 0.191 e. The van der Waals surface area contributed by atoms with Gasteiger partial charge in [-0.1, -0.05) is 19.9 Å². The molecule has 0 bridgehead atoms. The van der Waals surface area contributed by atoms with E-state index in [1.54, 1.807) is 0 Å². The van der Waals surface area contributed by atoms with Gasteiger partial charge in [-0.3, -0.25) is 4.90 Å². The largest absolute Gasteiger partial charge is 0.379 e. The summed E-state index contributed by atoms with van der Waals surface area (Å²) < 4.78 is 11.4. The normalized spacial score (nSPS) is 23.2. The lowest BCUT2D eigenvalue weighted by molar-refractivity contribution is -0.00546. The SMILES string of the molecule is CCNC(=NCc1ccc(N2CC(C)OC(C)C2)nc1)NCC(C(C)C)N1CCOCC1.I. The number of aromatic nitrogens is 1. The van der Waals surface area contributed by atoms with Gasteiger partial charge in [0.05, 0.1) is 32.0 Å². The van der Waals surface area contributed by atoms with E-state index in [-0.39, 0.29) is 36.2 Å². The van der Waals surface area contributed by atoms with Gasteiger partial charge >= 0.3 is 0 Å². The van der Waals surface area contributed by atoms with Crippen LogP contribution in [0, 0.1) is 5.92 Å². The van der Waals surface area contributed by atoms with Crippen LogP contribution >= 0.6 is 24.0 Å². The Morgan fingerprint density at radius 3 is 2.42 bits per heavy atom. The first-order chi connectivity index (χ1) is 15.5. The van der Waals surface area contributed by atoms with Crippen LogP contribution < -0.4 is 15.5 Å². The Morgan fingerprint density at radius 2 is 1.85 bits per heavy atom. The molecule has 0 radical (unpaired) electrons. The van der Waals surface area contributed by atoms with Gasteiger partial charge in [-0.25, -0.2) is 9.98 Å². The molecule has 3 atom stereocenters. The van der Waals surface area contributed by atoms with Crippen molar-refractivity contribution in [1.29, 1.82) is 0 Å². The van der Waals surface area contributed by atoms with Gasteiger partial charge in [-0.15, -0.1) is 24.0 Å². The quantitative estimate of drug-likeness (QED) is 0.281. The second-order valence-corrected chi connectivity index (χ2v) is 9.22. The summed E-state index contributed by atoms with van der Waals surface area (Å²) in [5.41, 5.74) is 1.11. The average molecular weight is 575 g/mol. The van der Waals surface area contributed by atoms with Crippen molar-refractivity contribution in [3.8, 4) is 0 Å². The van der Waals surface area contributed by atoms with E-state index in [4.69, 9.17) is 19.5 Å².